The summed E-state index contributed by atoms with van der Waals surface area (Å²) in [6.07, 6.45) is -3.03. The maximum Gasteiger partial charge on any atom is 0.316 e. The molecule has 0 aliphatic carbocycles. The van der Waals surface area contributed by atoms with Crippen LogP contribution in [0.15, 0.2) is 40.5 Å². The zero-order valence-electron chi connectivity index (χ0n) is 42.0. The lowest BCUT2D eigenvalue weighted by molar-refractivity contribution is -0.295. The molecule has 3 saturated heterocycles. The number of esters is 1. The number of piperidine rings is 1. The number of benzene rings is 1. The summed E-state index contributed by atoms with van der Waals surface area (Å²) in [4.78, 5) is 36.3. The molecule has 1 aromatic heterocycles. The largest absolute Gasteiger partial charge is 0.459 e. The van der Waals surface area contributed by atoms with E-state index in [-0.39, 0.29) is 23.8 Å². The first-order chi connectivity index (χ1) is 32.4. The van der Waals surface area contributed by atoms with Gasteiger partial charge < -0.3 is 54.4 Å². The molecule has 3 aliphatic rings. The van der Waals surface area contributed by atoms with E-state index in [9.17, 15) is 42.8 Å². The summed E-state index contributed by atoms with van der Waals surface area (Å²) in [7, 11) is -0.155. The van der Waals surface area contributed by atoms with Crippen LogP contribution in [-0.4, -0.2) is 173 Å². The van der Waals surface area contributed by atoms with Crippen molar-refractivity contribution in [2.45, 2.75) is 171 Å². The highest BCUT2D eigenvalue weighted by Gasteiger charge is 2.52. The van der Waals surface area contributed by atoms with E-state index in [4.69, 9.17) is 23.8 Å². The van der Waals surface area contributed by atoms with Crippen molar-refractivity contribution < 1.29 is 66.6 Å². The molecule has 69 heavy (non-hydrogen) atoms. The first kappa shape index (κ1) is 56.4. The molecule has 0 amide bonds. The number of cyclic esters (lactones) is 1. The van der Waals surface area contributed by atoms with Crippen LogP contribution < -0.4 is 5.32 Å². The number of oxime groups is 1. The molecule has 0 radical (unpaired) electrons. The third kappa shape index (κ3) is 13.3. The SMILES string of the molecule is CC[C@H]1OC(=O)[C@H](C)C(=O)[C@H](C)[C@@H](O[C@@H]2O[C@H](C)C[C@H](N(C)CCc3cn([C@H](CF)[C@H](O)c4ccc(S(C)(=O)=O)cc4)nn3)[C@H]2O)[C@](C)(OC)C[C@@H](C)C(=NOC2CCCNC2)[C@H](C)[C@@H](O)[C@]1(C)O. The molecule has 5 N–H and O–H groups in total. The minimum atomic E-state index is -3.47. The monoisotopic (exact) mass is 997 g/mol. The number of halogens is 1. The molecule has 3 fully saturated rings. The molecule has 0 spiro atoms. The minimum absolute atomic E-state index is 0.0691. The zero-order chi connectivity index (χ0) is 51.2. The first-order valence-electron chi connectivity index (χ1n) is 24.2. The Bertz CT molecular complexity index is 2140. The van der Waals surface area contributed by atoms with Crippen LogP contribution in [0.25, 0.3) is 0 Å². The van der Waals surface area contributed by atoms with E-state index in [0.29, 0.717) is 42.9 Å². The smallest absolute Gasteiger partial charge is 0.316 e. The van der Waals surface area contributed by atoms with E-state index in [0.717, 1.165) is 25.6 Å². The van der Waals surface area contributed by atoms with Gasteiger partial charge in [0.25, 0.3) is 0 Å². The quantitative estimate of drug-likeness (QED) is 0.0976. The van der Waals surface area contributed by atoms with E-state index in [1.807, 2.05) is 25.8 Å². The van der Waals surface area contributed by atoms with Gasteiger partial charge in [0.1, 0.15) is 48.7 Å². The Morgan fingerprint density at radius 3 is 2.38 bits per heavy atom. The second-order valence-electron chi connectivity index (χ2n) is 20.0. The molecule has 2 aromatic rings. The van der Waals surface area contributed by atoms with Crippen LogP contribution in [-0.2, 0) is 49.6 Å². The molecular weight excluding hydrogens is 920 g/mol. The number of carbonyl (C=O) groups excluding carboxylic acids is 2. The van der Waals surface area contributed by atoms with Crippen LogP contribution in [0.4, 0.5) is 4.39 Å². The number of hydrogen-bond acceptors (Lipinski definition) is 18. The summed E-state index contributed by atoms with van der Waals surface area (Å²) in [6, 6.07) is 3.91. The Morgan fingerprint density at radius 2 is 1.78 bits per heavy atom. The summed E-state index contributed by atoms with van der Waals surface area (Å²) in [5.74, 6) is -5.08. The lowest BCUT2D eigenvalue weighted by atomic mass is 9.74. The van der Waals surface area contributed by atoms with Crippen LogP contribution in [0, 0.1) is 23.7 Å². The third-order valence-electron chi connectivity index (χ3n) is 14.6. The standard InChI is InChI=1S/C48H77FN6O13S/c1-12-38-48(8,61)43(59)29(4)39(52-68-34-14-13-20-50-25-34)27(2)23-47(7,64-10)44(30(5)40(56)31(6)45(60)66-38)67-46-42(58)36(22-28(3)65-46)54(9)21-19-33-26-55(53-51-33)37(24-49)41(57)32-15-17-35(18-16-32)69(11,62)63/h15-18,26-31,34,36-38,41-44,46,50,57-59,61H,12-14,19-25H2,1-11H3/t27-,28-,29+,30+,31-,34?,36+,37-,38-,41-,42-,43-,44-,46+,47-,48-/m1/s1. The lowest BCUT2D eigenvalue weighted by Crippen LogP contribution is -2.60. The van der Waals surface area contributed by atoms with Gasteiger partial charge in [-0.05, 0) is 91.1 Å². The molecule has 16 atom stereocenters. The number of sulfone groups is 1. The van der Waals surface area contributed by atoms with Gasteiger partial charge in [0.15, 0.2) is 21.9 Å². The van der Waals surface area contributed by atoms with Crippen molar-refractivity contribution in [1.82, 2.24) is 25.2 Å². The Morgan fingerprint density at radius 1 is 1.10 bits per heavy atom. The van der Waals surface area contributed by atoms with Crippen LogP contribution >= 0.6 is 0 Å². The molecule has 0 bridgehead atoms. The number of Topliss-reactive ketones (excluding diaryl/α,β-unsaturated/α-hetero) is 1. The molecule has 390 valence electrons. The number of aromatic nitrogens is 3. The summed E-state index contributed by atoms with van der Waals surface area (Å²) >= 11 is 0. The van der Waals surface area contributed by atoms with Crippen molar-refractivity contribution in [3.8, 4) is 0 Å². The van der Waals surface area contributed by atoms with Crippen LogP contribution in [0.3, 0.4) is 0 Å². The molecule has 21 heteroatoms. The Hall–Kier alpha value is -3.51. The zero-order valence-corrected chi connectivity index (χ0v) is 42.8. The number of nitrogens with zero attached hydrogens (tertiary/aromatic N) is 5. The van der Waals surface area contributed by atoms with Crippen LogP contribution in [0.2, 0.25) is 0 Å². The van der Waals surface area contributed by atoms with Crippen molar-refractivity contribution in [2.24, 2.45) is 28.8 Å². The number of ether oxygens (including phenoxy) is 4. The molecule has 1 unspecified atom stereocenters. The molecule has 5 rings (SSSR count). The van der Waals surface area contributed by atoms with Gasteiger partial charge in [-0.2, -0.15) is 0 Å². The number of aliphatic hydroxyl groups is 4. The third-order valence-corrected chi connectivity index (χ3v) is 15.7. The number of nitrogens with one attached hydrogen (secondary N) is 1. The first-order valence-corrected chi connectivity index (χ1v) is 26.0. The van der Waals surface area contributed by atoms with Crippen molar-refractivity contribution >= 4 is 27.3 Å². The molecule has 1 aromatic carbocycles. The molecular formula is C48H77FN6O13S. The fraction of sp³-hybridized carbons (Fsp3) is 0.771. The second-order valence-corrected chi connectivity index (χ2v) is 22.0. The fourth-order valence-electron chi connectivity index (χ4n) is 10.1. The number of methoxy groups -OCH3 is 1. The highest BCUT2D eigenvalue weighted by atomic mass is 32.2. The number of aliphatic hydroxyl groups excluding tert-OH is 3. The van der Waals surface area contributed by atoms with Crippen LogP contribution in [0.1, 0.15) is 111 Å². The lowest BCUT2D eigenvalue weighted by Gasteiger charge is -2.47. The van der Waals surface area contributed by atoms with Gasteiger partial charge in [-0.25, -0.2) is 17.5 Å². The topological polar surface area (TPSA) is 254 Å². The number of hydrogen-bond donors (Lipinski definition) is 5. The van der Waals surface area contributed by atoms with Crippen LogP contribution in [0.5, 0.6) is 0 Å². The molecule has 0 saturated carbocycles. The molecule has 3 aliphatic heterocycles. The van der Waals surface area contributed by atoms with Gasteiger partial charge in [-0.1, -0.05) is 50.2 Å². The summed E-state index contributed by atoms with van der Waals surface area (Å²) < 4.78 is 64.7. The number of alkyl halides is 1. The van der Waals surface area contributed by atoms with E-state index >= 15 is 0 Å². The Kier molecular flexibility index (Phi) is 19.5. The fourth-order valence-corrected chi connectivity index (χ4v) is 10.7. The maximum absolute atomic E-state index is 14.5. The van der Waals surface area contributed by atoms with Crippen molar-refractivity contribution in [1.29, 1.82) is 0 Å². The number of likely N-dealkylation sites (N-methyl/N-ethyl adjacent to an activating group) is 1. The highest BCUT2D eigenvalue weighted by molar-refractivity contribution is 7.90. The van der Waals surface area contributed by atoms with Gasteiger partial charge in [-0.3, -0.25) is 9.59 Å². The van der Waals surface area contributed by atoms with Crippen molar-refractivity contribution in [3.05, 3.63) is 41.7 Å². The molecule has 4 heterocycles. The molecule has 19 nitrogen and oxygen atoms in total. The average Bonchev–Trinajstić information content (AvgIpc) is 3.79. The van der Waals surface area contributed by atoms with Gasteiger partial charge >= 0.3 is 5.97 Å². The van der Waals surface area contributed by atoms with Gasteiger partial charge in [0, 0.05) is 62.9 Å². The normalized spacial score (nSPS) is 36.2. The number of carbonyl (C=O) groups is 2. The average molecular weight is 997 g/mol. The van der Waals surface area contributed by atoms with E-state index < -0.39 is 118 Å². The van der Waals surface area contributed by atoms with Crippen molar-refractivity contribution in [3.63, 3.8) is 0 Å². The Balaban J connectivity index is 1.39. The van der Waals surface area contributed by atoms with E-state index in [1.54, 1.807) is 27.7 Å². The highest BCUT2D eigenvalue weighted by Crippen LogP contribution is 2.39. The Labute approximate surface area is 406 Å². The second kappa shape index (κ2) is 23.8. The van der Waals surface area contributed by atoms with E-state index in [1.165, 1.54) is 56.1 Å². The number of rotatable bonds is 15. The summed E-state index contributed by atoms with van der Waals surface area (Å²) in [5, 5.41) is 63.2. The van der Waals surface area contributed by atoms with E-state index in [2.05, 4.69) is 20.8 Å². The van der Waals surface area contributed by atoms with Gasteiger partial charge in [0.2, 0.25) is 0 Å². The van der Waals surface area contributed by atoms with Gasteiger partial charge in [-0.15, -0.1) is 5.10 Å². The van der Waals surface area contributed by atoms with Gasteiger partial charge in [0.05, 0.1) is 40.2 Å². The minimum Gasteiger partial charge on any atom is -0.459 e. The summed E-state index contributed by atoms with van der Waals surface area (Å²) in [6.45, 7) is 14.2. The maximum atomic E-state index is 14.5. The number of ketones is 1. The van der Waals surface area contributed by atoms with Crippen molar-refractivity contribution in [2.75, 3.05) is 46.7 Å². The summed E-state index contributed by atoms with van der Waals surface area (Å²) in [5.41, 5.74) is -2.05. The predicted octanol–water partition coefficient (Wildman–Crippen LogP) is 3.13. The predicted molar refractivity (Wildman–Crippen MR) is 252 cm³/mol.